The first-order valence-electron chi connectivity index (χ1n) is 10.3. The van der Waals surface area contributed by atoms with Crippen LogP contribution in [0.1, 0.15) is 97.9 Å². The van der Waals surface area contributed by atoms with Gasteiger partial charge in [-0.25, -0.2) is 0 Å². The molecule has 2 amide bonds. The molecule has 6 nitrogen and oxygen atoms in total. The molecule has 2 N–H and O–H groups in total. The van der Waals surface area contributed by atoms with Crippen molar-refractivity contribution in [3.63, 3.8) is 0 Å². The average molecular weight is 361 g/mol. The van der Waals surface area contributed by atoms with Gasteiger partial charge in [-0.3, -0.25) is 14.3 Å². The molecule has 0 radical (unpaired) electrons. The van der Waals surface area contributed by atoms with Crippen molar-refractivity contribution in [2.24, 2.45) is 7.05 Å². The van der Waals surface area contributed by atoms with Gasteiger partial charge in [0.1, 0.15) is 5.69 Å². The maximum absolute atomic E-state index is 12.8. The summed E-state index contributed by atoms with van der Waals surface area (Å²) in [6.07, 6.45) is 15.2. The molecule has 0 spiro atoms. The average Bonchev–Trinajstić information content (AvgIpc) is 2.82. The number of carbonyl (C=O) groups is 2. The Kier molecular flexibility index (Phi) is 6.69. The van der Waals surface area contributed by atoms with Gasteiger partial charge in [0.25, 0.3) is 11.8 Å². The summed E-state index contributed by atoms with van der Waals surface area (Å²) in [5.74, 6) is -0.348. The zero-order valence-electron chi connectivity index (χ0n) is 15.9. The molecule has 0 atom stereocenters. The minimum atomic E-state index is -0.178. The standard InChI is InChI=1S/C20H32N4O2/c1-24-18(20(26)23-16-12-8-4-5-9-13-16)17(14-21-24)19(25)22-15-10-6-2-3-7-11-15/h14-16H,2-13H2,1H3,(H,22,25)(H,23,26). The van der Waals surface area contributed by atoms with E-state index in [1.807, 2.05) is 0 Å². The molecule has 1 heterocycles. The molecule has 6 heteroatoms. The van der Waals surface area contributed by atoms with Crippen molar-refractivity contribution >= 4 is 11.8 Å². The van der Waals surface area contributed by atoms with Gasteiger partial charge in [0, 0.05) is 19.1 Å². The summed E-state index contributed by atoms with van der Waals surface area (Å²) in [7, 11) is 1.73. The topological polar surface area (TPSA) is 76.0 Å². The molecular weight excluding hydrogens is 328 g/mol. The largest absolute Gasteiger partial charge is 0.349 e. The van der Waals surface area contributed by atoms with Crippen LogP contribution in [-0.4, -0.2) is 33.7 Å². The summed E-state index contributed by atoms with van der Waals surface area (Å²) in [5, 5.41) is 10.4. The summed E-state index contributed by atoms with van der Waals surface area (Å²) in [5.41, 5.74) is 0.767. The Morgan fingerprint density at radius 1 is 0.846 bits per heavy atom. The van der Waals surface area contributed by atoms with E-state index in [1.54, 1.807) is 7.05 Å². The van der Waals surface area contributed by atoms with E-state index in [-0.39, 0.29) is 23.9 Å². The van der Waals surface area contributed by atoms with E-state index in [0.29, 0.717) is 11.3 Å². The normalized spacial score (nSPS) is 20.2. The monoisotopic (exact) mass is 360 g/mol. The van der Waals surface area contributed by atoms with Gasteiger partial charge in [-0.1, -0.05) is 51.4 Å². The first-order chi connectivity index (χ1) is 12.6. The number of carbonyl (C=O) groups excluding carboxylic acids is 2. The highest BCUT2D eigenvalue weighted by atomic mass is 16.2. The van der Waals surface area contributed by atoms with Gasteiger partial charge >= 0.3 is 0 Å². The zero-order chi connectivity index (χ0) is 18.4. The molecular formula is C20H32N4O2. The third-order valence-corrected chi connectivity index (χ3v) is 5.78. The summed E-state index contributed by atoms with van der Waals surface area (Å²) in [4.78, 5) is 25.6. The van der Waals surface area contributed by atoms with Crippen LogP contribution >= 0.6 is 0 Å². The highest BCUT2D eigenvalue weighted by Gasteiger charge is 2.26. The molecule has 0 bridgehead atoms. The Morgan fingerprint density at radius 3 is 1.81 bits per heavy atom. The van der Waals surface area contributed by atoms with Crippen LogP contribution in [0.2, 0.25) is 0 Å². The Bertz CT molecular complexity index is 609. The van der Waals surface area contributed by atoms with Gasteiger partial charge in [-0.2, -0.15) is 5.10 Å². The Balaban J connectivity index is 1.66. The highest BCUT2D eigenvalue weighted by molar-refractivity contribution is 6.06. The number of aryl methyl sites for hydroxylation is 1. The van der Waals surface area contributed by atoms with Crippen molar-refractivity contribution in [2.75, 3.05) is 0 Å². The summed E-state index contributed by atoms with van der Waals surface area (Å²) in [6, 6.07) is 0.417. The lowest BCUT2D eigenvalue weighted by atomic mass is 10.1. The van der Waals surface area contributed by atoms with Crippen molar-refractivity contribution in [1.82, 2.24) is 20.4 Å². The van der Waals surface area contributed by atoms with Crippen LogP contribution in [0.5, 0.6) is 0 Å². The fraction of sp³-hybridized carbons (Fsp3) is 0.750. The lowest BCUT2D eigenvalue weighted by Crippen LogP contribution is -2.38. The van der Waals surface area contributed by atoms with Crippen molar-refractivity contribution in [1.29, 1.82) is 0 Å². The van der Waals surface area contributed by atoms with Crippen molar-refractivity contribution in [3.05, 3.63) is 17.5 Å². The lowest BCUT2D eigenvalue weighted by Gasteiger charge is -2.18. The van der Waals surface area contributed by atoms with E-state index in [9.17, 15) is 9.59 Å². The van der Waals surface area contributed by atoms with E-state index >= 15 is 0 Å². The second kappa shape index (κ2) is 9.19. The molecule has 1 aromatic heterocycles. The number of nitrogens with zero attached hydrogens (tertiary/aromatic N) is 2. The molecule has 3 rings (SSSR count). The Labute approximate surface area is 156 Å². The molecule has 2 fully saturated rings. The minimum absolute atomic E-state index is 0.170. The third kappa shape index (κ3) is 4.86. The number of nitrogens with one attached hydrogen (secondary N) is 2. The Hall–Kier alpha value is -1.85. The lowest BCUT2D eigenvalue weighted by molar-refractivity contribution is 0.0892. The van der Waals surface area contributed by atoms with Crippen LogP contribution in [0.4, 0.5) is 0 Å². The van der Waals surface area contributed by atoms with E-state index in [2.05, 4.69) is 15.7 Å². The van der Waals surface area contributed by atoms with Crippen LogP contribution in [-0.2, 0) is 7.05 Å². The first kappa shape index (κ1) is 18.9. The maximum Gasteiger partial charge on any atom is 0.270 e. The van der Waals surface area contributed by atoms with E-state index in [1.165, 1.54) is 36.6 Å². The van der Waals surface area contributed by atoms with Crippen LogP contribution in [0.25, 0.3) is 0 Å². The number of hydrogen-bond acceptors (Lipinski definition) is 3. The SMILES string of the molecule is Cn1ncc(C(=O)NC2CCCCCC2)c1C(=O)NC1CCCCCC1. The number of hydrogen-bond donors (Lipinski definition) is 2. The summed E-state index contributed by atoms with van der Waals surface area (Å²) in [6.45, 7) is 0. The van der Waals surface area contributed by atoms with Gasteiger partial charge in [0.15, 0.2) is 0 Å². The van der Waals surface area contributed by atoms with Crippen LogP contribution in [0, 0.1) is 0 Å². The molecule has 2 aliphatic rings. The molecule has 2 aliphatic carbocycles. The molecule has 0 aliphatic heterocycles. The van der Waals surface area contributed by atoms with Crippen LogP contribution in [0.3, 0.4) is 0 Å². The molecule has 26 heavy (non-hydrogen) atoms. The van der Waals surface area contributed by atoms with Crippen LogP contribution in [0.15, 0.2) is 6.20 Å². The van der Waals surface area contributed by atoms with Gasteiger partial charge in [0.2, 0.25) is 0 Å². The molecule has 0 unspecified atom stereocenters. The van der Waals surface area contributed by atoms with E-state index < -0.39 is 0 Å². The van der Waals surface area contributed by atoms with E-state index in [0.717, 1.165) is 51.4 Å². The fourth-order valence-electron chi connectivity index (χ4n) is 4.24. The quantitative estimate of drug-likeness (QED) is 0.809. The molecule has 144 valence electrons. The van der Waals surface area contributed by atoms with Crippen LogP contribution < -0.4 is 10.6 Å². The van der Waals surface area contributed by atoms with Crippen molar-refractivity contribution in [2.45, 2.75) is 89.1 Å². The number of amides is 2. The third-order valence-electron chi connectivity index (χ3n) is 5.78. The highest BCUT2D eigenvalue weighted by Crippen LogP contribution is 2.20. The van der Waals surface area contributed by atoms with Gasteiger partial charge < -0.3 is 10.6 Å². The summed E-state index contributed by atoms with van der Waals surface area (Å²) >= 11 is 0. The molecule has 1 aromatic rings. The van der Waals surface area contributed by atoms with Gasteiger partial charge in [0.05, 0.1) is 11.8 Å². The zero-order valence-corrected chi connectivity index (χ0v) is 15.9. The minimum Gasteiger partial charge on any atom is -0.349 e. The molecule has 0 saturated heterocycles. The maximum atomic E-state index is 12.8. The summed E-state index contributed by atoms with van der Waals surface area (Å²) < 4.78 is 1.52. The first-order valence-corrected chi connectivity index (χ1v) is 10.3. The number of rotatable bonds is 4. The molecule has 0 aromatic carbocycles. The predicted molar refractivity (Wildman–Crippen MR) is 101 cm³/mol. The predicted octanol–water partition coefficient (Wildman–Crippen LogP) is 3.33. The number of aromatic nitrogens is 2. The van der Waals surface area contributed by atoms with E-state index in [4.69, 9.17) is 0 Å². The second-order valence-electron chi connectivity index (χ2n) is 7.85. The van der Waals surface area contributed by atoms with Gasteiger partial charge in [-0.05, 0) is 25.7 Å². The van der Waals surface area contributed by atoms with Crippen molar-refractivity contribution in [3.8, 4) is 0 Å². The smallest absolute Gasteiger partial charge is 0.270 e. The Morgan fingerprint density at radius 2 is 1.31 bits per heavy atom. The van der Waals surface area contributed by atoms with Crippen molar-refractivity contribution < 1.29 is 9.59 Å². The second-order valence-corrected chi connectivity index (χ2v) is 7.85. The molecule has 2 saturated carbocycles. The van der Waals surface area contributed by atoms with Gasteiger partial charge in [-0.15, -0.1) is 0 Å². The fourth-order valence-corrected chi connectivity index (χ4v) is 4.24.